The number of benzene rings is 4. The highest BCUT2D eigenvalue weighted by molar-refractivity contribution is 7.89. The third kappa shape index (κ3) is 8.21. The minimum absolute atomic E-state index is 0.142. The van der Waals surface area contributed by atoms with Gasteiger partial charge in [0.05, 0.1) is 12.0 Å². The van der Waals surface area contributed by atoms with E-state index in [1.807, 2.05) is 85.8 Å². The molecule has 2 amide bonds. The van der Waals surface area contributed by atoms with E-state index in [4.69, 9.17) is 4.74 Å². The lowest BCUT2D eigenvalue weighted by molar-refractivity contribution is -0.141. The van der Waals surface area contributed by atoms with Gasteiger partial charge in [0.1, 0.15) is 11.8 Å². The van der Waals surface area contributed by atoms with Crippen molar-refractivity contribution in [1.29, 1.82) is 0 Å². The van der Waals surface area contributed by atoms with Crippen molar-refractivity contribution < 1.29 is 22.7 Å². The molecule has 0 spiro atoms. The molecule has 1 heterocycles. The number of nitrogens with zero attached hydrogens (tertiary/aromatic N) is 2. The molecule has 4 aromatic carbocycles. The maximum absolute atomic E-state index is 14.1. The number of methoxy groups -OCH3 is 1. The smallest absolute Gasteiger partial charge is 0.247 e. The topological polar surface area (TPSA) is 96.0 Å². The van der Waals surface area contributed by atoms with Crippen molar-refractivity contribution in [2.45, 2.75) is 56.6 Å². The van der Waals surface area contributed by atoms with Crippen LogP contribution in [0, 0.1) is 6.92 Å². The average Bonchev–Trinajstić information content (AvgIpc) is 3.64. The second-order valence-corrected chi connectivity index (χ2v) is 13.6. The SMILES string of the molecule is COc1ccc(CN(C(=O)CCc2ccc(S(=O)(=O)N3CCCC3)cc2)[C@H](C(=O)NCc2ccc(C)cc2)c2ccccc2)cc1. The van der Waals surface area contributed by atoms with Crippen molar-refractivity contribution >= 4 is 21.8 Å². The zero-order valence-corrected chi connectivity index (χ0v) is 27.2. The Balaban J connectivity index is 1.38. The lowest BCUT2D eigenvalue weighted by Crippen LogP contribution is -2.43. The lowest BCUT2D eigenvalue weighted by Gasteiger charge is -2.32. The van der Waals surface area contributed by atoms with Gasteiger partial charge in [0.25, 0.3) is 0 Å². The van der Waals surface area contributed by atoms with E-state index in [1.54, 1.807) is 36.3 Å². The van der Waals surface area contributed by atoms with Gasteiger partial charge in [-0.25, -0.2) is 8.42 Å². The minimum Gasteiger partial charge on any atom is -0.497 e. The molecule has 9 heteroatoms. The van der Waals surface area contributed by atoms with Gasteiger partial charge < -0.3 is 15.0 Å². The summed E-state index contributed by atoms with van der Waals surface area (Å²) in [5.41, 5.74) is 4.52. The van der Waals surface area contributed by atoms with Crippen LogP contribution >= 0.6 is 0 Å². The zero-order valence-electron chi connectivity index (χ0n) is 26.4. The summed E-state index contributed by atoms with van der Waals surface area (Å²) in [7, 11) is -1.91. The number of rotatable bonds is 13. The molecule has 240 valence electrons. The molecule has 0 bridgehead atoms. The van der Waals surface area contributed by atoms with Crippen molar-refractivity contribution in [2.24, 2.45) is 0 Å². The Morgan fingerprint density at radius 2 is 1.43 bits per heavy atom. The zero-order chi connectivity index (χ0) is 32.5. The molecular formula is C37H41N3O5S. The number of hydrogen-bond donors (Lipinski definition) is 1. The third-order valence-electron chi connectivity index (χ3n) is 8.35. The summed E-state index contributed by atoms with van der Waals surface area (Å²) in [5.74, 6) is 0.237. The Bertz CT molecular complexity index is 1700. The normalized spacial score (nSPS) is 14.0. The molecule has 1 aliphatic heterocycles. The van der Waals surface area contributed by atoms with Crippen LogP contribution in [0.25, 0.3) is 0 Å². The van der Waals surface area contributed by atoms with Gasteiger partial charge in [-0.1, -0.05) is 84.4 Å². The first-order valence-corrected chi connectivity index (χ1v) is 17.1. The second-order valence-electron chi connectivity index (χ2n) is 11.6. The molecule has 1 aliphatic rings. The summed E-state index contributed by atoms with van der Waals surface area (Å²) in [5, 5.41) is 3.06. The van der Waals surface area contributed by atoms with Gasteiger partial charge in [0.15, 0.2) is 0 Å². The maximum atomic E-state index is 14.1. The van der Waals surface area contributed by atoms with E-state index in [1.165, 1.54) is 4.31 Å². The van der Waals surface area contributed by atoms with Crippen LogP contribution in [0.1, 0.15) is 53.1 Å². The van der Waals surface area contributed by atoms with Gasteiger partial charge in [-0.2, -0.15) is 4.31 Å². The van der Waals surface area contributed by atoms with E-state index in [0.29, 0.717) is 37.4 Å². The van der Waals surface area contributed by atoms with Crippen molar-refractivity contribution in [3.05, 3.63) is 131 Å². The second kappa shape index (κ2) is 15.2. The first kappa shape index (κ1) is 32.9. The van der Waals surface area contributed by atoms with Crippen molar-refractivity contribution in [3.63, 3.8) is 0 Å². The average molecular weight is 640 g/mol. The number of carbonyl (C=O) groups excluding carboxylic acids is 2. The van der Waals surface area contributed by atoms with E-state index in [2.05, 4.69) is 5.32 Å². The van der Waals surface area contributed by atoms with E-state index in [0.717, 1.165) is 35.1 Å². The molecule has 1 saturated heterocycles. The molecule has 1 fully saturated rings. The lowest BCUT2D eigenvalue weighted by atomic mass is 10.0. The minimum atomic E-state index is -3.51. The van der Waals surface area contributed by atoms with E-state index >= 15 is 0 Å². The third-order valence-corrected chi connectivity index (χ3v) is 10.3. The fourth-order valence-electron chi connectivity index (χ4n) is 5.65. The summed E-state index contributed by atoms with van der Waals surface area (Å²) < 4.78 is 32.8. The number of hydrogen-bond acceptors (Lipinski definition) is 5. The fourth-order valence-corrected chi connectivity index (χ4v) is 7.17. The van der Waals surface area contributed by atoms with Crippen molar-refractivity contribution in [1.82, 2.24) is 14.5 Å². The van der Waals surface area contributed by atoms with Crippen LogP contribution in [0.4, 0.5) is 0 Å². The number of carbonyl (C=O) groups is 2. The fraction of sp³-hybridized carbons (Fsp3) is 0.297. The Morgan fingerprint density at radius 1 is 0.826 bits per heavy atom. The molecular weight excluding hydrogens is 598 g/mol. The van der Waals surface area contributed by atoms with Crippen LogP contribution < -0.4 is 10.1 Å². The first-order valence-electron chi connectivity index (χ1n) is 15.6. The molecule has 5 rings (SSSR count). The van der Waals surface area contributed by atoms with Gasteiger partial charge in [-0.15, -0.1) is 0 Å². The standard InChI is InChI=1S/C37H41N3O5S/c1-28-10-12-30(13-11-28)26-38-37(42)36(32-8-4-3-5-9-32)40(27-31-14-19-33(45-2)20-15-31)35(41)23-18-29-16-21-34(22-17-29)46(43,44)39-24-6-7-25-39/h3-5,8-17,19-22,36H,6-7,18,23-27H2,1-2H3,(H,38,42)/t36-/m0/s1. The Kier molecular flexibility index (Phi) is 10.9. The first-order chi connectivity index (χ1) is 22.2. The van der Waals surface area contributed by atoms with Gasteiger partial charge >= 0.3 is 0 Å². The predicted molar refractivity (Wildman–Crippen MR) is 179 cm³/mol. The van der Waals surface area contributed by atoms with Crippen LogP contribution in [0.2, 0.25) is 0 Å². The molecule has 0 saturated carbocycles. The summed E-state index contributed by atoms with van der Waals surface area (Å²) in [6.07, 6.45) is 2.29. The van der Waals surface area contributed by atoms with Gasteiger partial charge in [0, 0.05) is 32.6 Å². The molecule has 46 heavy (non-hydrogen) atoms. The van der Waals surface area contributed by atoms with E-state index < -0.39 is 16.1 Å². The monoisotopic (exact) mass is 639 g/mol. The Hall–Kier alpha value is -4.47. The van der Waals surface area contributed by atoms with E-state index in [-0.39, 0.29) is 29.7 Å². The van der Waals surface area contributed by atoms with Crippen LogP contribution in [0.3, 0.4) is 0 Å². The molecule has 4 aromatic rings. The molecule has 8 nitrogen and oxygen atoms in total. The van der Waals surface area contributed by atoms with E-state index in [9.17, 15) is 18.0 Å². The maximum Gasteiger partial charge on any atom is 0.247 e. The summed E-state index contributed by atoms with van der Waals surface area (Å²) in [6, 6.07) is 30.7. The van der Waals surface area contributed by atoms with Crippen molar-refractivity contribution in [2.75, 3.05) is 20.2 Å². The summed E-state index contributed by atoms with van der Waals surface area (Å²) in [6.45, 7) is 3.65. The van der Waals surface area contributed by atoms with Crippen LogP contribution in [-0.4, -0.2) is 49.6 Å². The predicted octanol–water partition coefficient (Wildman–Crippen LogP) is 5.81. The Labute approximate surface area is 272 Å². The number of ether oxygens (including phenoxy) is 1. The number of nitrogens with one attached hydrogen (secondary N) is 1. The van der Waals surface area contributed by atoms with Crippen LogP contribution in [-0.2, 0) is 39.1 Å². The molecule has 1 atom stereocenters. The van der Waals surface area contributed by atoms with Crippen molar-refractivity contribution in [3.8, 4) is 5.75 Å². The van der Waals surface area contributed by atoms with Crippen LogP contribution in [0.15, 0.2) is 108 Å². The van der Waals surface area contributed by atoms with Gasteiger partial charge in [-0.05, 0) is 72.7 Å². The quantitative estimate of drug-likeness (QED) is 0.199. The van der Waals surface area contributed by atoms with Crippen LogP contribution in [0.5, 0.6) is 5.75 Å². The van der Waals surface area contributed by atoms with Gasteiger partial charge in [-0.3, -0.25) is 9.59 Å². The highest BCUT2D eigenvalue weighted by Gasteiger charge is 2.32. The highest BCUT2D eigenvalue weighted by atomic mass is 32.2. The molecule has 0 aromatic heterocycles. The van der Waals surface area contributed by atoms with Gasteiger partial charge in [0.2, 0.25) is 21.8 Å². The largest absolute Gasteiger partial charge is 0.497 e. The summed E-state index contributed by atoms with van der Waals surface area (Å²) >= 11 is 0. The highest BCUT2D eigenvalue weighted by Crippen LogP contribution is 2.27. The molecule has 0 radical (unpaired) electrons. The molecule has 0 unspecified atom stereocenters. The summed E-state index contributed by atoms with van der Waals surface area (Å²) in [4.78, 5) is 29.9. The Morgan fingerprint density at radius 3 is 2.07 bits per heavy atom. The molecule has 1 N–H and O–H groups in total. The number of amides is 2. The number of aryl methyl sites for hydroxylation is 2. The molecule has 0 aliphatic carbocycles. The number of sulfonamides is 1.